The average molecular weight is 224 g/mol. The van der Waals surface area contributed by atoms with E-state index in [1.165, 1.54) is 0 Å². The summed E-state index contributed by atoms with van der Waals surface area (Å²) in [7, 11) is 0. The number of nitrogens with zero attached hydrogens (tertiary/aromatic N) is 1. The van der Waals surface area contributed by atoms with Crippen molar-refractivity contribution in [2.24, 2.45) is 0 Å². The van der Waals surface area contributed by atoms with Gasteiger partial charge in [-0.15, -0.1) is 0 Å². The average Bonchev–Trinajstić information content (AvgIpc) is 2.65. The van der Waals surface area contributed by atoms with Crippen LogP contribution >= 0.6 is 0 Å². The Morgan fingerprint density at radius 3 is 2.81 bits per heavy atom. The lowest BCUT2D eigenvalue weighted by atomic mass is 10.1. The maximum Gasteiger partial charge on any atom is 0.221 e. The summed E-state index contributed by atoms with van der Waals surface area (Å²) in [6.07, 6.45) is 2.16. The van der Waals surface area contributed by atoms with Gasteiger partial charge in [-0.2, -0.15) is 5.10 Å². The van der Waals surface area contributed by atoms with Crippen LogP contribution in [0.5, 0.6) is 0 Å². The first-order valence-corrected chi connectivity index (χ1v) is 5.47. The Labute approximate surface area is 96.0 Å². The Balaban J connectivity index is 2.12. The van der Waals surface area contributed by atoms with Crippen LogP contribution in [0.1, 0.15) is 32.9 Å². The van der Waals surface area contributed by atoms with Crippen LogP contribution in [0.3, 0.4) is 0 Å². The molecule has 5 nitrogen and oxygen atoms in total. The zero-order valence-electron chi connectivity index (χ0n) is 10.1. The number of H-pyrrole nitrogens is 1. The highest BCUT2D eigenvalue weighted by molar-refractivity contribution is 5.75. The summed E-state index contributed by atoms with van der Waals surface area (Å²) in [6, 6.07) is 1.84. The summed E-state index contributed by atoms with van der Waals surface area (Å²) in [5.74, 6) is 0.0475. The van der Waals surface area contributed by atoms with Crippen LogP contribution in [0.2, 0.25) is 0 Å². The zero-order valence-corrected chi connectivity index (χ0v) is 10.1. The Morgan fingerprint density at radius 1 is 1.50 bits per heavy atom. The van der Waals surface area contributed by atoms with Gasteiger partial charge in [0.1, 0.15) is 0 Å². The molecule has 0 atom stereocenters. The van der Waals surface area contributed by atoms with Gasteiger partial charge in [-0.25, -0.2) is 0 Å². The third kappa shape index (κ3) is 5.50. The molecule has 0 aliphatic carbocycles. The highest BCUT2D eigenvalue weighted by Crippen LogP contribution is 1.98. The van der Waals surface area contributed by atoms with Crippen LogP contribution in [0.15, 0.2) is 12.3 Å². The maximum atomic E-state index is 11.4. The Kier molecular flexibility index (Phi) is 4.49. The Hall–Kier alpha value is -1.36. The van der Waals surface area contributed by atoms with Crippen molar-refractivity contribution in [1.29, 1.82) is 0 Å². The van der Waals surface area contributed by atoms with E-state index in [1.807, 2.05) is 6.07 Å². The highest BCUT2D eigenvalue weighted by Gasteiger charge is 2.09. The van der Waals surface area contributed by atoms with E-state index in [4.69, 9.17) is 0 Å². The predicted molar refractivity (Wildman–Crippen MR) is 62.8 cm³/mol. The summed E-state index contributed by atoms with van der Waals surface area (Å²) in [6.45, 7) is 7.44. The number of rotatable bonds is 5. The van der Waals surface area contributed by atoms with Crippen molar-refractivity contribution >= 4 is 5.91 Å². The van der Waals surface area contributed by atoms with Crippen molar-refractivity contribution in [1.82, 2.24) is 20.8 Å². The van der Waals surface area contributed by atoms with Crippen LogP contribution in [-0.4, -0.2) is 28.2 Å². The maximum absolute atomic E-state index is 11.4. The molecule has 5 heteroatoms. The quantitative estimate of drug-likeness (QED) is 0.693. The molecule has 90 valence electrons. The number of carbonyl (C=O) groups is 1. The Morgan fingerprint density at radius 2 is 2.25 bits per heavy atom. The van der Waals surface area contributed by atoms with E-state index in [0.717, 1.165) is 5.69 Å². The summed E-state index contributed by atoms with van der Waals surface area (Å²) in [5.41, 5.74) is 0.973. The minimum absolute atomic E-state index is 0.0475. The van der Waals surface area contributed by atoms with Crippen molar-refractivity contribution in [2.75, 3.05) is 6.54 Å². The number of hydrogen-bond acceptors (Lipinski definition) is 3. The first-order chi connectivity index (χ1) is 7.47. The van der Waals surface area contributed by atoms with Crippen molar-refractivity contribution in [3.05, 3.63) is 18.0 Å². The van der Waals surface area contributed by atoms with Crippen LogP contribution in [0, 0.1) is 0 Å². The van der Waals surface area contributed by atoms with Gasteiger partial charge < -0.3 is 10.6 Å². The second kappa shape index (κ2) is 5.65. The number of hydrogen-bond donors (Lipinski definition) is 3. The standard InChI is InChI=1S/C11H20N4O/c1-11(2,3)13-6-5-10(16)12-8-9-4-7-14-15-9/h4,7,13H,5-6,8H2,1-3H3,(H,12,16)(H,14,15). The molecule has 0 saturated heterocycles. The predicted octanol–water partition coefficient (Wildman–Crippen LogP) is 0.804. The van der Waals surface area contributed by atoms with Crippen LogP contribution in [-0.2, 0) is 11.3 Å². The lowest BCUT2D eigenvalue weighted by Crippen LogP contribution is -2.38. The molecule has 1 amide bonds. The van der Waals surface area contributed by atoms with Gasteiger partial charge in [0, 0.05) is 24.7 Å². The van der Waals surface area contributed by atoms with Gasteiger partial charge in [-0.1, -0.05) is 0 Å². The van der Waals surface area contributed by atoms with Gasteiger partial charge in [-0.05, 0) is 26.8 Å². The molecule has 0 spiro atoms. The van der Waals surface area contributed by atoms with E-state index in [2.05, 4.69) is 41.6 Å². The summed E-state index contributed by atoms with van der Waals surface area (Å²) in [4.78, 5) is 11.4. The normalized spacial score (nSPS) is 11.4. The van der Waals surface area contributed by atoms with Gasteiger partial charge in [0.25, 0.3) is 0 Å². The van der Waals surface area contributed by atoms with Gasteiger partial charge in [-0.3, -0.25) is 9.89 Å². The molecule has 0 unspecified atom stereocenters. The molecule has 0 saturated carbocycles. The minimum atomic E-state index is 0.0475. The van der Waals surface area contributed by atoms with Gasteiger partial charge in [0.05, 0.1) is 12.2 Å². The molecule has 1 heterocycles. The number of carbonyl (C=O) groups excluding carboxylic acids is 1. The van der Waals surface area contributed by atoms with Crippen LogP contribution in [0.25, 0.3) is 0 Å². The molecule has 1 aromatic rings. The van der Waals surface area contributed by atoms with E-state index in [1.54, 1.807) is 6.20 Å². The first-order valence-electron chi connectivity index (χ1n) is 5.47. The minimum Gasteiger partial charge on any atom is -0.350 e. The molecule has 0 bridgehead atoms. The zero-order chi connectivity index (χ0) is 12.0. The lowest BCUT2D eigenvalue weighted by Gasteiger charge is -2.20. The van der Waals surface area contributed by atoms with E-state index in [-0.39, 0.29) is 11.4 Å². The fourth-order valence-electron chi connectivity index (χ4n) is 1.22. The van der Waals surface area contributed by atoms with E-state index in [0.29, 0.717) is 19.5 Å². The number of nitrogens with one attached hydrogen (secondary N) is 3. The highest BCUT2D eigenvalue weighted by atomic mass is 16.1. The van der Waals surface area contributed by atoms with Crippen LogP contribution < -0.4 is 10.6 Å². The molecule has 1 rings (SSSR count). The molecule has 0 fully saturated rings. The molecule has 16 heavy (non-hydrogen) atoms. The topological polar surface area (TPSA) is 69.8 Å². The Bertz CT molecular complexity index is 313. The van der Waals surface area contributed by atoms with Gasteiger partial charge in [0.2, 0.25) is 5.91 Å². The molecule has 3 N–H and O–H groups in total. The first kappa shape index (κ1) is 12.7. The second-order valence-electron chi connectivity index (χ2n) is 4.79. The second-order valence-corrected chi connectivity index (χ2v) is 4.79. The molecule has 0 aliphatic heterocycles. The lowest BCUT2D eigenvalue weighted by molar-refractivity contribution is -0.121. The van der Waals surface area contributed by atoms with Crippen molar-refractivity contribution in [3.63, 3.8) is 0 Å². The summed E-state index contributed by atoms with van der Waals surface area (Å²) < 4.78 is 0. The summed E-state index contributed by atoms with van der Waals surface area (Å²) in [5, 5.41) is 12.7. The molecule has 0 radical (unpaired) electrons. The third-order valence-corrected chi connectivity index (χ3v) is 2.04. The molecule has 0 aromatic carbocycles. The number of aromatic nitrogens is 2. The molecular weight excluding hydrogens is 204 g/mol. The van der Waals surface area contributed by atoms with Gasteiger partial charge >= 0.3 is 0 Å². The number of amides is 1. The van der Waals surface area contributed by atoms with E-state index >= 15 is 0 Å². The largest absolute Gasteiger partial charge is 0.350 e. The molecular formula is C11H20N4O. The fourth-order valence-corrected chi connectivity index (χ4v) is 1.22. The van der Waals surface area contributed by atoms with E-state index < -0.39 is 0 Å². The van der Waals surface area contributed by atoms with E-state index in [9.17, 15) is 4.79 Å². The smallest absolute Gasteiger partial charge is 0.221 e. The van der Waals surface area contributed by atoms with Crippen molar-refractivity contribution < 1.29 is 4.79 Å². The molecule has 1 aromatic heterocycles. The van der Waals surface area contributed by atoms with Crippen LogP contribution in [0.4, 0.5) is 0 Å². The van der Waals surface area contributed by atoms with Crippen molar-refractivity contribution in [2.45, 2.75) is 39.3 Å². The monoisotopic (exact) mass is 224 g/mol. The summed E-state index contributed by atoms with van der Waals surface area (Å²) >= 11 is 0. The number of aromatic amines is 1. The van der Waals surface area contributed by atoms with Gasteiger partial charge in [0.15, 0.2) is 0 Å². The van der Waals surface area contributed by atoms with Crippen molar-refractivity contribution in [3.8, 4) is 0 Å². The molecule has 0 aliphatic rings. The fraction of sp³-hybridized carbons (Fsp3) is 0.636. The SMILES string of the molecule is CC(C)(C)NCCC(=O)NCc1ccn[nH]1. The third-order valence-electron chi connectivity index (χ3n) is 2.04.